The Labute approximate surface area is 337 Å². The van der Waals surface area contributed by atoms with Gasteiger partial charge >= 0.3 is 12.1 Å². The first-order valence-corrected chi connectivity index (χ1v) is 19.3. The minimum absolute atomic E-state index is 0.100. The number of ether oxygens (including phenoxy) is 1. The topological polar surface area (TPSA) is 153 Å². The lowest BCUT2D eigenvalue weighted by atomic mass is 9.99. The third-order valence-electron chi connectivity index (χ3n) is 9.56. The maximum absolute atomic E-state index is 14.5. The molecule has 2 aliphatic rings. The number of rotatable bonds is 12. The van der Waals surface area contributed by atoms with E-state index in [0.717, 1.165) is 27.0 Å². The number of nitrogens with two attached hydrogens (primary N) is 1. The van der Waals surface area contributed by atoms with E-state index in [9.17, 15) is 19.2 Å². The molecule has 0 saturated carbocycles. The van der Waals surface area contributed by atoms with Gasteiger partial charge in [0.1, 0.15) is 18.8 Å². The molecule has 4 N–H and O–H groups in total. The Morgan fingerprint density at radius 3 is 2.50 bits per heavy atom. The Morgan fingerprint density at radius 2 is 1.75 bits per heavy atom. The van der Waals surface area contributed by atoms with E-state index in [2.05, 4.69) is 22.2 Å². The zero-order valence-corrected chi connectivity index (χ0v) is 32.4. The van der Waals surface area contributed by atoms with Crippen molar-refractivity contribution < 1.29 is 23.9 Å². The standard InChI is InChI=1S/C40H38Cl2N8O5S/c1-2-17-48(39(53)44-20-27-13-16-30(41)31(42)18-27)49-23-35(51)50-32(19-25-11-14-29(15-12-25)45-40(54)55-24-26-7-4-3-5-8-26)37(52)47(22-34(49)50)21-28-9-6-10-33-36(28)46-38(43)56-33/h2-16,18,32,34H,1,17,19-24H2,(H2,43,46)(H,44,53)(H,45,54)/t32-,34+/m0/s1. The molecule has 4 aromatic carbocycles. The van der Waals surface area contributed by atoms with E-state index in [-0.39, 0.29) is 57.6 Å². The molecule has 2 atom stereocenters. The fourth-order valence-electron chi connectivity index (χ4n) is 6.92. The molecule has 288 valence electrons. The van der Waals surface area contributed by atoms with Gasteiger partial charge in [0.25, 0.3) is 0 Å². The number of thiazole rings is 1. The van der Waals surface area contributed by atoms with Crippen LogP contribution in [0.15, 0.2) is 104 Å². The molecule has 13 nitrogen and oxygen atoms in total. The fourth-order valence-corrected chi connectivity index (χ4v) is 8.02. The minimum atomic E-state index is -0.898. The van der Waals surface area contributed by atoms with E-state index in [1.807, 2.05) is 48.5 Å². The molecule has 5 amide bonds. The molecule has 56 heavy (non-hydrogen) atoms. The molecule has 2 saturated heterocycles. The second-order valence-electron chi connectivity index (χ2n) is 13.3. The lowest BCUT2D eigenvalue weighted by Gasteiger charge is -2.46. The molecule has 1 aromatic heterocycles. The lowest BCUT2D eigenvalue weighted by molar-refractivity contribution is -0.157. The van der Waals surface area contributed by atoms with Gasteiger partial charge in [0.15, 0.2) is 5.13 Å². The van der Waals surface area contributed by atoms with Crippen molar-refractivity contribution in [1.82, 2.24) is 30.1 Å². The summed E-state index contributed by atoms with van der Waals surface area (Å²) in [6, 6.07) is 25.9. The number of piperazine rings is 1. The van der Waals surface area contributed by atoms with Crippen LogP contribution >= 0.6 is 34.5 Å². The van der Waals surface area contributed by atoms with E-state index in [1.165, 1.54) is 16.3 Å². The van der Waals surface area contributed by atoms with Crippen LogP contribution in [0.25, 0.3) is 10.2 Å². The minimum Gasteiger partial charge on any atom is -0.444 e. The number of fused-ring (bicyclic) bond motifs is 2. The van der Waals surface area contributed by atoms with Gasteiger partial charge in [-0.25, -0.2) is 14.6 Å². The Balaban J connectivity index is 1.12. The molecule has 16 heteroatoms. The van der Waals surface area contributed by atoms with Gasteiger partial charge in [0.2, 0.25) is 11.8 Å². The number of nitrogens with zero attached hydrogens (tertiary/aromatic N) is 5. The molecule has 5 aromatic rings. The van der Waals surface area contributed by atoms with Crippen LogP contribution in [0.1, 0.15) is 22.3 Å². The number of hydrogen-bond donors (Lipinski definition) is 3. The van der Waals surface area contributed by atoms with Crippen LogP contribution in [-0.4, -0.2) is 80.6 Å². The van der Waals surface area contributed by atoms with Gasteiger partial charge in [-0.1, -0.05) is 101 Å². The summed E-state index contributed by atoms with van der Waals surface area (Å²) < 4.78 is 6.24. The fraction of sp³-hybridized carbons (Fsp3) is 0.225. The second kappa shape index (κ2) is 17.0. The smallest absolute Gasteiger partial charge is 0.411 e. The van der Waals surface area contributed by atoms with Gasteiger partial charge in [0, 0.05) is 25.2 Å². The molecule has 0 bridgehead atoms. The molecular weight excluding hydrogens is 775 g/mol. The molecular formula is C40H38Cl2N8O5S. The molecule has 3 heterocycles. The first kappa shape index (κ1) is 38.6. The SMILES string of the molecule is C=CCN(C(=O)NCc1ccc(Cl)c(Cl)c1)N1CC(=O)N2[C@@H](Cc3ccc(NC(=O)OCc4ccccc4)cc3)C(=O)N(Cc3cccc4sc(N)nc34)C[C@@H]21. The summed E-state index contributed by atoms with van der Waals surface area (Å²) in [6.45, 7) is 4.44. The summed E-state index contributed by atoms with van der Waals surface area (Å²) in [7, 11) is 0. The highest BCUT2D eigenvalue weighted by Gasteiger charge is 2.52. The van der Waals surface area contributed by atoms with Crippen LogP contribution in [0, 0.1) is 0 Å². The Bertz CT molecular complexity index is 2270. The van der Waals surface area contributed by atoms with Crippen LogP contribution in [0.2, 0.25) is 10.0 Å². The third-order valence-corrected chi connectivity index (χ3v) is 11.2. The first-order chi connectivity index (χ1) is 27.1. The van der Waals surface area contributed by atoms with E-state index in [4.69, 9.17) is 33.7 Å². The van der Waals surface area contributed by atoms with Gasteiger partial charge in [-0.3, -0.25) is 19.9 Å². The number of hydrazine groups is 1. The molecule has 0 radical (unpaired) electrons. The maximum atomic E-state index is 14.5. The summed E-state index contributed by atoms with van der Waals surface area (Å²) >= 11 is 13.6. The van der Waals surface area contributed by atoms with E-state index in [0.29, 0.717) is 26.4 Å². The van der Waals surface area contributed by atoms with Crippen LogP contribution in [-0.2, 0) is 40.4 Å². The van der Waals surface area contributed by atoms with Crippen molar-refractivity contribution in [3.63, 3.8) is 0 Å². The number of nitrogens with one attached hydrogen (secondary N) is 2. The van der Waals surface area contributed by atoms with Crippen molar-refractivity contribution in [3.8, 4) is 0 Å². The first-order valence-electron chi connectivity index (χ1n) is 17.7. The zero-order valence-electron chi connectivity index (χ0n) is 30.1. The Morgan fingerprint density at radius 1 is 0.982 bits per heavy atom. The highest BCUT2D eigenvalue weighted by molar-refractivity contribution is 7.22. The maximum Gasteiger partial charge on any atom is 0.411 e. The average Bonchev–Trinajstić information content (AvgIpc) is 3.74. The molecule has 0 unspecified atom stereocenters. The summed E-state index contributed by atoms with van der Waals surface area (Å²) in [6.07, 6.45) is 0.478. The predicted octanol–water partition coefficient (Wildman–Crippen LogP) is 6.67. The van der Waals surface area contributed by atoms with Gasteiger partial charge in [-0.05, 0) is 52.6 Å². The van der Waals surface area contributed by atoms with Crippen LogP contribution in [0.3, 0.4) is 0 Å². The quantitative estimate of drug-likeness (QED) is 0.118. The largest absolute Gasteiger partial charge is 0.444 e. The number of carbonyl (C=O) groups is 4. The number of hydrogen-bond acceptors (Lipinski definition) is 9. The summed E-state index contributed by atoms with van der Waals surface area (Å²) in [5.74, 6) is -0.546. The molecule has 0 spiro atoms. The van der Waals surface area contributed by atoms with Gasteiger partial charge in [-0.15, -0.1) is 6.58 Å². The lowest BCUT2D eigenvalue weighted by Crippen LogP contribution is -2.66. The van der Waals surface area contributed by atoms with Crippen molar-refractivity contribution in [3.05, 3.63) is 136 Å². The van der Waals surface area contributed by atoms with Crippen molar-refractivity contribution in [2.75, 3.05) is 30.7 Å². The third kappa shape index (κ3) is 8.58. The van der Waals surface area contributed by atoms with Crippen molar-refractivity contribution in [1.29, 1.82) is 0 Å². The number of urea groups is 1. The zero-order chi connectivity index (χ0) is 39.3. The van der Waals surface area contributed by atoms with Crippen molar-refractivity contribution >= 4 is 79.5 Å². The molecule has 2 aliphatic heterocycles. The number of aromatic nitrogens is 1. The van der Waals surface area contributed by atoms with E-state index >= 15 is 0 Å². The highest BCUT2D eigenvalue weighted by atomic mass is 35.5. The number of amides is 5. The van der Waals surface area contributed by atoms with Gasteiger partial charge < -0.3 is 25.6 Å². The second-order valence-corrected chi connectivity index (χ2v) is 15.2. The average molecular weight is 814 g/mol. The van der Waals surface area contributed by atoms with E-state index in [1.54, 1.807) is 63.3 Å². The molecule has 2 fully saturated rings. The summed E-state index contributed by atoms with van der Waals surface area (Å²) in [5.41, 5.74) is 10.4. The monoisotopic (exact) mass is 812 g/mol. The number of benzene rings is 4. The molecule has 7 rings (SSSR count). The van der Waals surface area contributed by atoms with Crippen LogP contribution < -0.4 is 16.4 Å². The van der Waals surface area contributed by atoms with Crippen LogP contribution in [0.5, 0.6) is 0 Å². The Hall–Kier alpha value is -5.67. The highest BCUT2D eigenvalue weighted by Crippen LogP contribution is 2.33. The predicted molar refractivity (Wildman–Crippen MR) is 217 cm³/mol. The van der Waals surface area contributed by atoms with E-state index < -0.39 is 24.3 Å². The van der Waals surface area contributed by atoms with Crippen molar-refractivity contribution in [2.24, 2.45) is 0 Å². The number of anilines is 2. The molecule has 0 aliphatic carbocycles. The van der Waals surface area contributed by atoms with Crippen LogP contribution in [0.4, 0.5) is 20.4 Å². The van der Waals surface area contributed by atoms with Crippen molar-refractivity contribution in [2.45, 2.75) is 38.3 Å². The van der Waals surface area contributed by atoms with Gasteiger partial charge in [-0.2, -0.15) is 5.01 Å². The normalized spacial score (nSPS) is 16.8. The summed E-state index contributed by atoms with van der Waals surface area (Å²) in [5, 5.41) is 9.96. The number of halogens is 2. The van der Waals surface area contributed by atoms with Gasteiger partial charge in [0.05, 0.1) is 39.9 Å². The number of para-hydroxylation sites is 1. The number of nitrogen functional groups attached to an aromatic ring is 1. The summed E-state index contributed by atoms with van der Waals surface area (Å²) in [4.78, 5) is 62.5. The Kier molecular flexibility index (Phi) is 11.7. The number of carbonyl (C=O) groups excluding carboxylic acids is 4.